The number of hydrogen-bond acceptors (Lipinski definition) is 4. The van der Waals surface area contributed by atoms with Gasteiger partial charge in [0.15, 0.2) is 0 Å². The minimum atomic E-state index is -0.168. The van der Waals surface area contributed by atoms with Gasteiger partial charge in [-0.15, -0.1) is 0 Å². The molecular weight excluding hydrogens is 244 g/mol. The van der Waals surface area contributed by atoms with Gasteiger partial charge in [-0.3, -0.25) is 4.79 Å². The smallest absolute Gasteiger partial charge is 0.250 e. The lowest BCUT2D eigenvalue weighted by atomic mass is 10.2. The molecule has 2 aromatic rings. The van der Waals surface area contributed by atoms with Crippen LogP contribution in [0.4, 0.5) is 11.4 Å². The number of methoxy groups -OCH3 is 1. The summed E-state index contributed by atoms with van der Waals surface area (Å²) in [5.74, 6) is 0.705. The molecule has 0 aliphatic rings. The van der Waals surface area contributed by atoms with Crippen LogP contribution in [0.15, 0.2) is 47.1 Å². The molecule has 0 aliphatic carbocycles. The molecule has 0 aliphatic heterocycles. The summed E-state index contributed by atoms with van der Waals surface area (Å²) in [4.78, 5) is 11.3. The number of furan rings is 1. The molecule has 5 heteroatoms. The minimum Gasteiger partial charge on any atom is -0.467 e. The van der Waals surface area contributed by atoms with Crippen LogP contribution in [0, 0.1) is 0 Å². The largest absolute Gasteiger partial charge is 0.467 e. The fraction of sp³-hybridized carbons (Fsp3) is 0.214. The van der Waals surface area contributed by atoms with E-state index < -0.39 is 0 Å². The number of benzene rings is 1. The van der Waals surface area contributed by atoms with Crippen LogP contribution >= 0.6 is 0 Å². The average molecular weight is 260 g/mol. The fourth-order valence-electron chi connectivity index (χ4n) is 1.60. The number of nitrogens with one attached hydrogen (secondary N) is 2. The summed E-state index contributed by atoms with van der Waals surface area (Å²) in [6.45, 7) is 0.681. The van der Waals surface area contributed by atoms with Crippen molar-refractivity contribution in [1.82, 2.24) is 0 Å². The summed E-state index contributed by atoms with van der Waals surface area (Å²) in [6.07, 6.45) is 1.64. The van der Waals surface area contributed by atoms with Crippen molar-refractivity contribution < 1.29 is 13.9 Å². The second-order valence-electron chi connectivity index (χ2n) is 3.99. The van der Waals surface area contributed by atoms with Crippen molar-refractivity contribution in [2.45, 2.75) is 6.54 Å². The first-order valence-corrected chi connectivity index (χ1v) is 5.93. The minimum absolute atomic E-state index is 0.0541. The fourth-order valence-corrected chi connectivity index (χ4v) is 1.60. The van der Waals surface area contributed by atoms with Crippen molar-refractivity contribution in [2.24, 2.45) is 0 Å². The van der Waals surface area contributed by atoms with Crippen molar-refractivity contribution in [2.75, 3.05) is 24.4 Å². The van der Waals surface area contributed by atoms with E-state index in [4.69, 9.17) is 9.15 Å². The van der Waals surface area contributed by atoms with E-state index in [9.17, 15) is 4.79 Å². The third-order valence-corrected chi connectivity index (χ3v) is 2.49. The molecular formula is C14H16N2O3. The highest BCUT2D eigenvalue weighted by Crippen LogP contribution is 2.14. The van der Waals surface area contributed by atoms with Gasteiger partial charge in [0.1, 0.15) is 12.4 Å². The van der Waals surface area contributed by atoms with Crippen LogP contribution in [-0.4, -0.2) is 19.6 Å². The first-order chi connectivity index (χ1) is 9.28. The second-order valence-corrected chi connectivity index (χ2v) is 3.99. The number of anilines is 2. The maximum atomic E-state index is 11.3. The number of rotatable bonds is 6. The Morgan fingerprint density at radius 3 is 2.58 bits per heavy atom. The molecule has 0 fully saturated rings. The Kier molecular flexibility index (Phi) is 4.58. The molecule has 0 spiro atoms. The SMILES string of the molecule is COCC(=O)Nc1ccc(NCc2ccco2)cc1. The average Bonchev–Trinajstić information content (AvgIpc) is 2.91. The molecule has 0 radical (unpaired) electrons. The summed E-state index contributed by atoms with van der Waals surface area (Å²) in [7, 11) is 1.49. The van der Waals surface area contributed by atoms with Gasteiger partial charge in [0, 0.05) is 18.5 Å². The standard InChI is InChI=1S/C14H16N2O3/c1-18-10-14(17)16-12-6-4-11(5-7-12)15-9-13-3-2-8-19-13/h2-8,15H,9-10H2,1H3,(H,16,17). The zero-order valence-electron chi connectivity index (χ0n) is 10.7. The van der Waals surface area contributed by atoms with E-state index in [1.165, 1.54) is 7.11 Å². The summed E-state index contributed by atoms with van der Waals surface area (Å²) < 4.78 is 9.97. The molecule has 1 amide bonds. The van der Waals surface area contributed by atoms with E-state index in [-0.39, 0.29) is 12.5 Å². The molecule has 1 aromatic carbocycles. The van der Waals surface area contributed by atoms with Crippen molar-refractivity contribution in [3.8, 4) is 0 Å². The van der Waals surface area contributed by atoms with Crippen molar-refractivity contribution in [1.29, 1.82) is 0 Å². The summed E-state index contributed by atoms with van der Waals surface area (Å²) >= 11 is 0. The normalized spacial score (nSPS) is 10.2. The van der Waals surface area contributed by atoms with Gasteiger partial charge >= 0.3 is 0 Å². The first kappa shape index (κ1) is 13.2. The zero-order chi connectivity index (χ0) is 13.5. The first-order valence-electron chi connectivity index (χ1n) is 5.93. The molecule has 5 nitrogen and oxygen atoms in total. The third kappa shape index (κ3) is 4.15. The Balaban J connectivity index is 1.85. The van der Waals surface area contributed by atoms with E-state index >= 15 is 0 Å². The number of ether oxygens (including phenoxy) is 1. The van der Waals surface area contributed by atoms with Crippen LogP contribution in [0.25, 0.3) is 0 Å². The highest BCUT2D eigenvalue weighted by Gasteiger charge is 2.01. The van der Waals surface area contributed by atoms with E-state index in [2.05, 4.69) is 10.6 Å². The van der Waals surface area contributed by atoms with Gasteiger partial charge in [0.05, 0.1) is 12.8 Å². The van der Waals surface area contributed by atoms with Crippen molar-refractivity contribution >= 4 is 17.3 Å². The molecule has 2 N–H and O–H groups in total. The Labute approximate surface area is 111 Å². The summed E-state index contributed by atoms with van der Waals surface area (Å²) in [5, 5.41) is 5.95. The van der Waals surface area contributed by atoms with Gasteiger partial charge in [-0.05, 0) is 36.4 Å². The predicted molar refractivity (Wildman–Crippen MR) is 73.0 cm³/mol. The lowest BCUT2D eigenvalue weighted by Crippen LogP contribution is -2.16. The molecule has 19 heavy (non-hydrogen) atoms. The Hall–Kier alpha value is -2.27. The highest BCUT2D eigenvalue weighted by atomic mass is 16.5. The predicted octanol–water partition coefficient (Wildman–Crippen LogP) is 2.48. The molecule has 0 saturated heterocycles. The van der Waals surface area contributed by atoms with Gasteiger partial charge in [0.25, 0.3) is 0 Å². The third-order valence-electron chi connectivity index (χ3n) is 2.49. The van der Waals surface area contributed by atoms with E-state index in [1.54, 1.807) is 6.26 Å². The Bertz CT molecular complexity index is 506. The molecule has 2 rings (SSSR count). The van der Waals surface area contributed by atoms with Gasteiger partial charge < -0.3 is 19.8 Å². The Morgan fingerprint density at radius 2 is 1.95 bits per heavy atom. The monoisotopic (exact) mass is 260 g/mol. The zero-order valence-corrected chi connectivity index (χ0v) is 10.7. The molecule has 0 atom stereocenters. The summed E-state index contributed by atoms with van der Waals surface area (Å²) in [6, 6.07) is 11.2. The summed E-state index contributed by atoms with van der Waals surface area (Å²) in [5.41, 5.74) is 1.70. The van der Waals surface area contributed by atoms with Gasteiger partial charge in [-0.25, -0.2) is 0 Å². The van der Waals surface area contributed by atoms with Crippen LogP contribution in [0.3, 0.4) is 0 Å². The van der Waals surface area contributed by atoms with Crippen LogP contribution in [0.1, 0.15) is 5.76 Å². The van der Waals surface area contributed by atoms with Crippen LogP contribution in [0.2, 0.25) is 0 Å². The molecule has 100 valence electrons. The van der Waals surface area contributed by atoms with E-state index in [0.717, 1.165) is 17.1 Å². The van der Waals surface area contributed by atoms with E-state index in [1.807, 2.05) is 36.4 Å². The van der Waals surface area contributed by atoms with Gasteiger partial charge in [-0.1, -0.05) is 0 Å². The second kappa shape index (κ2) is 6.61. The van der Waals surface area contributed by atoms with Crippen LogP contribution in [0.5, 0.6) is 0 Å². The topological polar surface area (TPSA) is 63.5 Å². The molecule has 1 aromatic heterocycles. The molecule has 1 heterocycles. The quantitative estimate of drug-likeness (QED) is 0.837. The maximum absolute atomic E-state index is 11.3. The lowest BCUT2D eigenvalue weighted by Gasteiger charge is -2.07. The van der Waals surface area contributed by atoms with Gasteiger partial charge in [0.2, 0.25) is 5.91 Å². The molecule has 0 bridgehead atoms. The molecule has 0 saturated carbocycles. The molecule has 0 unspecified atom stereocenters. The maximum Gasteiger partial charge on any atom is 0.250 e. The van der Waals surface area contributed by atoms with Crippen molar-refractivity contribution in [3.05, 3.63) is 48.4 Å². The van der Waals surface area contributed by atoms with Crippen molar-refractivity contribution in [3.63, 3.8) is 0 Å². The number of carbonyl (C=O) groups is 1. The van der Waals surface area contributed by atoms with Gasteiger partial charge in [-0.2, -0.15) is 0 Å². The van der Waals surface area contributed by atoms with Crippen LogP contribution < -0.4 is 10.6 Å². The highest BCUT2D eigenvalue weighted by molar-refractivity contribution is 5.91. The van der Waals surface area contributed by atoms with E-state index in [0.29, 0.717) is 6.54 Å². The van der Waals surface area contributed by atoms with Crippen LogP contribution in [-0.2, 0) is 16.1 Å². The lowest BCUT2D eigenvalue weighted by molar-refractivity contribution is -0.119. The Morgan fingerprint density at radius 1 is 1.21 bits per heavy atom. The number of hydrogen-bond donors (Lipinski definition) is 2. The number of carbonyl (C=O) groups excluding carboxylic acids is 1. The number of amides is 1.